The molecule has 0 bridgehead atoms. The lowest BCUT2D eigenvalue weighted by atomic mass is 9.82. The van der Waals surface area contributed by atoms with Crippen molar-refractivity contribution >= 4 is 0 Å². The molecule has 0 spiro atoms. The summed E-state index contributed by atoms with van der Waals surface area (Å²) in [4.78, 5) is 5.27. The molecule has 2 rings (SSSR count). The first-order valence-corrected chi connectivity index (χ1v) is 10.2. The fraction of sp³-hybridized carbons (Fsp3) is 0.500. The quantitative estimate of drug-likeness (QED) is 0.568. The van der Waals surface area contributed by atoms with Crippen molar-refractivity contribution in [2.75, 3.05) is 32.7 Å². The highest BCUT2D eigenvalue weighted by Crippen LogP contribution is 2.28. The molecule has 0 saturated carbocycles. The minimum Gasteiger partial charge on any atom is -0.302 e. The van der Waals surface area contributed by atoms with Crippen molar-refractivity contribution in [2.45, 2.75) is 46.1 Å². The van der Waals surface area contributed by atoms with E-state index < -0.39 is 0 Å². The van der Waals surface area contributed by atoms with Gasteiger partial charge in [0.15, 0.2) is 0 Å². The minimum absolute atomic E-state index is 0.109. The van der Waals surface area contributed by atoms with Crippen LogP contribution in [0, 0.1) is 0 Å². The third-order valence-corrected chi connectivity index (χ3v) is 5.60. The Labute approximate surface area is 160 Å². The van der Waals surface area contributed by atoms with Crippen LogP contribution in [-0.2, 0) is 12.8 Å². The van der Waals surface area contributed by atoms with Crippen molar-refractivity contribution in [1.82, 2.24) is 9.80 Å². The summed E-state index contributed by atoms with van der Waals surface area (Å²) in [5.74, 6) is 0. The SMILES string of the molecule is CCN(CC)CC(Cc1ccccc1)(Cc1ccccc1)N(CC)CC. The Bertz CT molecular complexity index is 559. The van der Waals surface area contributed by atoms with Gasteiger partial charge in [-0.25, -0.2) is 0 Å². The predicted octanol–water partition coefficient (Wildman–Crippen LogP) is 4.89. The van der Waals surface area contributed by atoms with Crippen LogP contribution in [0.15, 0.2) is 60.7 Å². The molecule has 0 unspecified atom stereocenters. The molecule has 0 aliphatic heterocycles. The molecule has 0 aliphatic carbocycles. The van der Waals surface area contributed by atoms with Crippen molar-refractivity contribution in [3.63, 3.8) is 0 Å². The van der Waals surface area contributed by atoms with Crippen molar-refractivity contribution in [3.8, 4) is 0 Å². The van der Waals surface area contributed by atoms with Crippen LogP contribution >= 0.6 is 0 Å². The molecule has 2 aromatic rings. The largest absolute Gasteiger partial charge is 0.302 e. The molecule has 142 valence electrons. The maximum Gasteiger partial charge on any atom is 0.0416 e. The van der Waals surface area contributed by atoms with E-state index in [4.69, 9.17) is 0 Å². The van der Waals surface area contributed by atoms with Crippen molar-refractivity contribution in [1.29, 1.82) is 0 Å². The first kappa shape index (κ1) is 20.7. The third kappa shape index (κ3) is 5.43. The van der Waals surface area contributed by atoms with E-state index in [2.05, 4.69) is 98.2 Å². The summed E-state index contributed by atoms with van der Waals surface area (Å²) in [6.45, 7) is 14.6. The van der Waals surface area contributed by atoms with Crippen LogP contribution in [0.1, 0.15) is 38.8 Å². The second-order valence-corrected chi connectivity index (χ2v) is 7.18. The molecular formula is C24H36N2. The van der Waals surface area contributed by atoms with E-state index in [0.717, 1.165) is 45.6 Å². The molecule has 0 aromatic heterocycles. The second kappa shape index (κ2) is 10.5. The zero-order valence-corrected chi connectivity index (χ0v) is 17.1. The van der Waals surface area contributed by atoms with E-state index in [9.17, 15) is 0 Å². The Hall–Kier alpha value is -1.64. The van der Waals surface area contributed by atoms with Crippen LogP contribution in [0.2, 0.25) is 0 Å². The highest BCUT2D eigenvalue weighted by Gasteiger charge is 2.37. The smallest absolute Gasteiger partial charge is 0.0416 e. The van der Waals surface area contributed by atoms with Crippen LogP contribution < -0.4 is 0 Å². The number of benzene rings is 2. The van der Waals surface area contributed by atoms with Crippen molar-refractivity contribution < 1.29 is 0 Å². The molecule has 0 saturated heterocycles. The third-order valence-electron chi connectivity index (χ3n) is 5.60. The number of rotatable bonds is 11. The molecule has 2 aromatic carbocycles. The standard InChI is InChI=1S/C24H36N2/c1-5-25(6-2)21-24(26(7-3)8-4,19-22-15-11-9-12-16-22)20-23-17-13-10-14-18-23/h9-18H,5-8,19-21H2,1-4H3. The van der Waals surface area contributed by atoms with Crippen LogP contribution in [0.3, 0.4) is 0 Å². The monoisotopic (exact) mass is 352 g/mol. The molecule has 0 fully saturated rings. The first-order valence-electron chi connectivity index (χ1n) is 10.2. The van der Waals surface area contributed by atoms with Gasteiger partial charge in [0.25, 0.3) is 0 Å². The number of hydrogen-bond donors (Lipinski definition) is 0. The molecular weight excluding hydrogens is 316 g/mol. The van der Waals surface area contributed by atoms with E-state index in [1.165, 1.54) is 11.1 Å². The van der Waals surface area contributed by atoms with Gasteiger partial charge in [0.2, 0.25) is 0 Å². The van der Waals surface area contributed by atoms with Gasteiger partial charge in [-0.2, -0.15) is 0 Å². The van der Waals surface area contributed by atoms with Crippen LogP contribution in [-0.4, -0.2) is 48.1 Å². The maximum atomic E-state index is 2.69. The van der Waals surface area contributed by atoms with Crippen LogP contribution in [0.4, 0.5) is 0 Å². The van der Waals surface area contributed by atoms with E-state index in [-0.39, 0.29) is 5.54 Å². The lowest BCUT2D eigenvalue weighted by Crippen LogP contribution is -2.58. The molecule has 2 heteroatoms. The van der Waals surface area contributed by atoms with E-state index >= 15 is 0 Å². The maximum absolute atomic E-state index is 2.69. The molecule has 26 heavy (non-hydrogen) atoms. The molecule has 0 heterocycles. The van der Waals surface area contributed by atoms with Gasteiger partial charge in [-0.05, 0) is 50.1 Å². The summed E-state index contributed by atoms with van der Waals surface area (Å²) >= 11 is 0. The van der Waals surface area contributed by atoms with Gasteiger partial charge in [-0.15, -0.1) is 0 Å². The molecule has 0 atom stereocenters. The topological polar surface area (TPSA) is 6.48 Å². The highest BCUT2D eigenvalue weighted by molar-refractivity contribution is 5.23. The summed E-state index contributed by atoms with van der Waals surface area (Å²) in [6.07, 6.45) is 2.17. The van der Waals surface area contributed by atoms with Gasteiger partial charge in [-0.1, -0.05) is 88.4 Å². The fourth-order valence-corrected chi connectivity index (χ4v) is 4.21. The number of hydrogen-bond acceptors (Lipinski definition) is 2. The van der Waals surface area contributed by atoms with Crippen molar-refractivity contribution in [3.05, 3.63) is 71.8 Å². The van der Waals surface area contributed by atoms with Gasteiger partial charge in [0.1, 0.15) is 0 Å². The summed E-state index contributed by atoms with van der Waals surface area (Å²) in [5.41, 5.74) is 2.98. The fourth-order valence-electron chi connectivity index (χ4n) is 4.21. The van der Waals surface area contributed by atoms with Crippen LogP contribution in [0.5, 0.6) is 0 Å². The summed E-state index contributed by atoms with van der Waals surface area (Å²) in [6, 6.07) is 22.0. The van der Waals surface area contributed by atoms with Gasteiger partial charge >= 0.3 is 0 Å². The Kier molecular flexibility index (Phi) is 8.34. The Balaban J connectivity index is 2.45. The highest BCUT2D eigenvalue weighted by atomic mass is 15.2. The van der Waals surface area contributed by atoms with Crippen LogP contribution in [0.25, 0.3) is 0 Å². The second-order valence-electron chi connectivity index (χ2n) is 7.18. The summed E-state index contributed by atoms with van der Waals surface area (Å²) in [5, 5.41) is 0. The van der Waals surface area contributed by atoms with Gasteiger partial charge in [0.05, 0.1) is 0 Å². The van der Waals surface area contributed by atoms with Gasteiger partial charge in [0, 0.05) is 12.1 Å². The van der Waals surface area contributed by atoms with Gasteiger partial charge < -0.3 is 4.90 Å². The lowest BCUT2D eigenvalue weighted by Gasteiger charge is -2.46. The first-order chi connectivity index (χ1) is 12.7. The molecule has 0 aliphatic rings. The zero-order valence-electron chi connectivity index (χ0n) is 17.1. The summed E-state index contributed by atoms with van der Waals surface area (Å²) in [7, 11) is 0. The molecule has 0 N–H and O–H groups in total. The molecule has 2 nitrogen and oxygen atoms in total. The Morgan fingerprint density at radius 3 is 1.38 bits per heavy atom. The average Bonchev–Trinajstić information content (AvgIpc) is 2.68. The zero-order chi connectivity index (χ0) is 18.8. The molecule has 0 radical (unpaired) electrons. The number of likely N-dealkylation sites (N-methyl/N-ethyl adjacent to an activating group) is 2. The Morgan fingerprint density at radius 2 is 1.04 bits per heavy atom. The van der Waals surface area contributed by atoms with Crippen molar-refractivity contribution in [2.24, 2.45) is 0 Å². The van der Waals surface area contributed by atoms with E-state index in [1.807, 2.05) is 0 Å². The van der Waals surface area contributed by atoms with E-state index in [1.54, 1.807) is 0 Å². The number of nitrogens with zero attached hydrogens (tertiary/aromatic N) is 2. The minimum atomic E-state index is 0.109. The predicted molar refractivity (Wildman–Crippen MR) is 114 cm³/mol. The molecule has 0 amide bonds. The Morgan fingerprint density at radius 1 is 0.615 bits per heavy atom. The van der Waals surface area contributed by atoms with Gasteiger partial charge in [-0.3, -0.25) is 4.90 Å². The lowest BCUT2D eigenvalue weighted by molar-refractivity contribution is 0.0566. The normalized spacial score (nSPS) is 12.1. The van der Waals surface area contributed by atoms with E-state index in [0.29, 0.717) is 0 Å². The summed E-state index contributed by atoms with van der Waals surface area (Å²) < 4.78 is 0. The average molecular weight is 353 g/mol.